The van der Waals surface area contributed by atoms with Crippen LogP contribution in [0, 0.1) is 0 Å². The van der Waals surface area contributed by atoms with Gasteiger partial charge in [-0.15, -0.1) is 0 Å². The Bertz CT molecular complexity index is 468. The quantitative estimate of drug-likeness (QED) is 0.832. The molecule has 1 N–H and O–H groups in total. The molecule has 1 aliphatic rings. The molecule has 1 aliphatic heterocycles. The Labute approximate surface area is 125 Å². The van der Waals surface area contributed by atoms with Crippen LogP contribution in [0.2, 0.25) is 0 Å². The van der Waals surface area contributed by atoms with Gasteiger partial charge in [0.15, 0.2) is 0 Å². The Balaban J connectivity index is 2.15. The van der Waals surface area contributed by atoms with E-state index >= 15 is 0 Å². The van der Waals surface area contributed by atoms with Gasteiger partial charge in [0.25, 0.3) is 0 Å². The highest BCUT2D eigenvalue weighted by Crippen LogP contribution is 2.29. The molecular formula is C16H23BrN2. The van der Waals surface area contributed by atoms with Crippen molar-refractivity contribution < 1.29 is 0 Å². The van der Waals surface area contributed by atoms with Crippen molar-refractivity contribution in [2.24, 2.45) is 0 Å². The summed E-state index contributed by atoms with van der Waals surface area (Å²) < 4.78 is 1.20. The molecule has 0 amide bonds. The van der Waals surface area contributed by atoms with Crippen LogP contribution in [-0.4, -0.2) is 19.6 Å². The topological polar surface area (TPSA) is 15.3 Å². The van der Waals surface area contributed by atoms with E-state index in [0.29, 0.717) is 6.04 Å². The first-order valence-electron chi connectivity index (χ1n) is 7.05. The van der Waals surface area contributed by atoms with Crippen molar-refractivity contribution in [1.29, 1.82) is 0 Å². The van der Waals surface area contributed by atoms with E-state index < -0.39 is 0 Å². The lowest BCUT2D eigenvalue weighted by atomic mass is 10.1. The molecule has 0 fully saturated rings. The maximum atomic E-state index is 3.71. The first kappa shape index (κ1) is 14.6. The van der Waals surface area contributed by atoms with Crippen LogP contribution in [0.15, 0.2) is 34.3 Å². The summed E-state index contributed by atoms with van der Waals surface area (Å²) in [5.74, 6) is 0. The van der Waals surface area contributed by atoms with Crippen molar-refractivity contribution in [2.75, 3.05) is 24.5 Å². The van der Waals surface area contributed by atoms with E-state index in [1.807, 2.05) is 0 Å². The number of hydrogen-bond acceptors (Lipinski definition) is 2. The molecule has 1 aromatic rings. The molecule has 2 nitrogen and oxygen atoms in total. The number of halogens is 1. The van der Waals surface area contributed by atoms with Gasteiger partial charge in [-0.25, -0.2) is 0 Å². The van der Waals surface area contributed by atoms with Crippen molar-refractivity contribution >= 4 is 21.6 Å². The van der Waals surface area contributed by atoms with E-state index in [0.717, 1.165) is 19.6 Å². The van der Waals surface area contributed by atoms with Gasteiger partial charge in [0, 0.05) is 29.3 Å². The highest BCUT2D eigenvalue weighted by Gasteiger charge is 2.13. The van der Waals surface area contributed by atoms with Crippen molar-refractivity contribution in [1.82, 2.24) is 5.32 Å². The second-order valence-corrected chi connectivity index (χ2v) is 6.09. The number of benzene rings is 1. The number of nitrogens with zero attached hydrogens (tertiary/aromatic N) is 1. The summed E-state index contributed by atoms with van der Waals surface area (Å²) >= 11 is 3.71. The Kier molecular flexibility index (Phi) is 5.06. The Morgan fingerprint density at radius 1 is 1.42 bits per heavy atom. The van der Waals surface area contributed by atoms with Crippen molar-refractivity contribution in [3.05, 3.63) is 39.9 Å². The molecule has 3 heteroatoms. The van der Waals surface area contributed by atoms with Gasteiger partial charge in [0.2, 0.25) is 0 Å². The molecule has 1 atom stereocenters. The molecule has 1 aromatic carbocycles. The molecule has 2 rings (SSSR count). The first-order valence-corrected chi connectivity index (χ1v) is 7.84. The van der Waals surface area contributed by atoms with Gasteiger partial charge < -0.3 is 10.2 Å². The number of anilines is 1. The molecular weight excluding hydrogens is 300 g/mol. The van der Waals surface area contributed by atoms with Gasteiger partial charge in [-0.05, 0) is 44.5 Å². The first-order chi connectivity index (χ1) is 9.11. The smallest absolute Gasteiger partial charge is 0.0380 e. The lowest BCUT2D eigenvalue weighted by molar-refractivity contribution is 0.596. The van der Waals surface area contributed by atoms with Crippen LogP contribution in [0.5, 0.6) is 0 Å². The molecule has 1 unspecified atom stereocenters. The fourth-order valence-corrected chi connectivity index (χ4v) is 3.20. The van der Waals surface area contributed by atoms with Crippen LogP contribution < -0.4 is 10.2 Å². The van der Waals surface area contributed by atoms with Crippen LogP contribution in [0.1, 0.15) is 38.8 Å². The zero-order valence-corrected chi connectivity index (χ0v) is 13.6. The molecule has 0 saturated heterocycles. The van der Waals surface area contributed by atoms with Gasteiger partial charge >= 0.3 is 0 Å². The van der Waals surface area contributed by atoms with Crippen LogP contribution in [0.4, 0.5) is 5.69 Å². The standard InChI is InChI=1S/C16H23BrN2/c1-4-18-13(3)15-6-5-14(11-16(15)17)19-9-7-12(2)8-10-19/h5-7,11,13,18H,4,8-10H2,1-3H3. The lowest BCUT2D eigenvalue weighted by Crippen LogP contribution is -2.28. The third-order valence-corrected chi connectivity index (χ3v) is 4.45. The molecule has 19 heavy (non-hydrogen) atoms. The van der Waals surface area contributed by atoms with E-state index in [1.54, 1.807) is 0 Å². The van der Waals surface area contributed by atoms with Gasteiger partial charge in [0.05, 0.1) is 0 Å². The van der Waals surface area contributed by atoms with Gasteiger partial charge in [-0.3, -0.25) is 0 Å². The van der Waals surface area contributed by atoms with Crippen LogP contribution in [-0.2, 0) is 0 Å². The summed E-state index contributed by atoms with van der Waals surface area (Å²) in [7, 11) is 0. The van der Waals surface area contributed by atoms with E-state index in [1.165, 1.54) is 27.7 Å². The average Bonchev–Trinajstić information content (AvgIpc) is 2.39. The van der Waals surface area contributed by atoms with Gasteiger partial charge in [-0.1, -0.05) is 40.6 Å². The normalized spacial score (nSPS) is 17.3. The van der Waals surface area contributed by atoms with Crippen molar-refractivity contribution in [3.63, 3.8) is 0 Å². The number of hydrogen-bond donors (Lipinski definition) is 1. The number of nitrogens with one attached hydrogen (secondary N) is 1. The summed E-state index contributed by atoms with van der Waals surface area (Å²) in [4.78, 5) is 2.43. The molecule has 1 heterocycles. The van der Waals surface area contributed by atoms with Crippen LogP contribution >= 0.6 is 15.9 Å². The second kappa shape index (κ2) is 6.58. The van der Waals surface area contributed by atoms with Gasteiger partial charge in [-0.2, -0.15) is 0 Å². The summed E-state index contributed by atoms with van der Waals surface area (Å²) in [6.45, 7) is 9.70. The lowest BCUT2D eigenvalue weighted by Gasteiger charge is -2.28. The van der Waals surface area contributed by atoms with Crippen LogP contribution in [0.3, 0.4) is 0 Å². The molecule has 0 radical (unpaired) electrons. The molecule has 0 bridgehead atoms. The fourth-order valence-electron chi connectivity index (χ4n) is 2.49. The molecule has 0 aromatic heterocycles. The zero-order chi connectivity index (χ0) is 13.8. The zero-order valence-electron chi connectivity index (χ0n) is 12.0. The third kappa shape index (κ3) is 3.61. The maximum absolute atomic E-state index is 3.71. The van der Waals surface area contributed by atoms with Crippen molar-refractivity contribution in [3.8, 4) is 0 Å². The number of rotatable bonds is 4. The summed E-state index contributed by atoms with van der Waals surface area (Å²) in [6.07, 6.45) is 3.50. The Morgan fingerprint density at radius 3 is 2.79 bits per heavy atom. The van der Waals surface area contributed by atoms with E-state index in [4.69, 9.17) is 0 Å². The largest absolute Gasteiger partial charge is 0.367 e. The maximum Gasteiger partial charge on any atom is 0.0380 e. The fraction of sp³-hybridized carbons (Fsp3) is 0.500. The summed E-state index contributed by atoms with van der Waals surface area (Å²) in [5.41, 5.74) is 4.14. The third-order valence-electron chi connectivity index (χ3n) is 3.76. The molecule has 0 saturated carbocycles. The highest BCUT2D eigenvalue weighted by atomic mass is 79.9. The van der Waals surface area contributed by atoms with E-state index in [2.05, 4.69) is 71.2 Å². The van der Waals surface area contributed by atoms with Gasteiger partial charge in [0.1, 0.15) is 0 Å². The van der Waals surface area contributed by atoms with E-state index in [-0.39, 0.29) is 0 Å². The minimum absolute atomic E-state index is 0.386. The summed E-state index contributed by atoms with van der Waals surface area (Å²) in [6, 6.07) is 7.11. The highest BCUT2D eigenvalue weighted by molar-refractivity contribution is 9.10. The minimum Gasteiger partial charge on any atom is -0.367 e. The predicted molar refractivity (Wildman–Crippen MR) is 86.8 cm³/mol. The predicted octanol–water partition coefficient (Wildman–Crippen LogP) is 4.28. The molecule has 0 aliphatic carbocycles. The Morgan fingerprint density at radius 2 is 2.21 bits per heavy atom. The van der Waals surface area contributed by atoms with E-state index in [9.17, 15) is 0 Å². The molecule has 0 spiro atoms. The average molecular weight is 323 g/mol. The second-order valence-electron chi connectivity index (χ2n) is 5.23. The molecule has 104 valence electrons. The Hall–Kier alpha value is -0.800. The summed E-state index contributed by atoms with van der Waals surface area (Å²) in [5, 5.41) is 3.45. The monoisotopic (exact) mass is 322 g/mol. The minimum atomic E-state index is 0.386. The SMILES string of the molecule is CCNC(C)c1ccc(N2CC=C(C)CC2)cc1Br. The van der Waals surface area contributed by atoms with Crippen molar-refractivity contribution in [2.45, 2.75) is 33.2 Å². The van der Waals surface area contributed by atoms with Crippen LogP contribution in [0.25, 0.3) is 0 Å².